The molecule has 0 aromatic heterocycles. The number of benzene rings is 2. The Labute approximate surface area is 176 Å². The van der Waals surface area contributed by atoms with Crippen LogP contribution in [-0.2, 0) is 22.5 Å². The minimum Gasteiger partial charge on any atom is -0.464 e. The van der Waals surface area contributed by atoms with Crippen LogP contribution in [0.1, 0.15) is 42.3 Å². The van der Waals surface area contributed by atoms with Gasteiger partial charge < -0.3 is 20.3 Å². The number of hydrogen-bond donors (Lipinski definition) is 2. The van der Waals surface area contributed by atoms with Crippen molar-refractivity contribution in [1.29, 1.82) is 0 Å². The maximum atomic E-state index is 13.0. The van der Waals surface area contributed by atoms with E-state index in [9.17, 15) is 14.4 Å². The Kier molecular flexibility index (Phi) is 6.72. The maximum Gasteiger partial charge on any atom is 0.328 e. The van der Waals surface area contributed by atoms with Gasteiger partial charge in [-0.2, -0.15) is 0 Å². The summed E-state index contributed by atoms with van der Waals surface area (Å²) in [5, 5.41) is 5.30. The van der Waals surface area contributed by atoms with E-state index < -0.39 is 18.0 Å². The van der Waals surface area contributed by atoms with E-state index >= 15 is 0 Å². The molecule has 7 heteroatoms. The van der Waals surface area contributed by atoms with E-state index in [-0.39, 0.29) is 25.1 Å². The van der Waals surface area contributed by atoms with Gasteiger partial charge in [0, 0.05) is 23.8 Å². The minimum atomic E-state index is -0.732. The molecule has 158 valence electrons. The third-order valence-corrected chi connectivity index (χ3v) is 5.05. The predicted octanol–water partition coefficient (Wildman–Crippen LogP) is 3.03. The van der Waals surface area contributed by atoms with Gasteiger partial charge in [0.15, 0.2) is 0 Å². The molecule has 0 saturated carbocycles. The van der Waals surface area contributed by atoms with Gasteiger partial charge in [-0.25, -0.2) is 9.59 Å². The third-order valence-electron chi connectivity index (χ3n) is 5.05. The van der Waals surface area contributed by atoms with Crippen LogP contribution < -0.4 is 15.5 Å². The Morgan fingerprint density at radius 1 is 1.17 bits per heavy atom. The average molecular weight is 409 g/mol. The van der Waals surface area contributed by atoms with Gasteiger partial charge in [-0.15, -0.1) is 0 Å². The van der Waals surface area contributed by atoms with Crippen molar-refractivity contribution in [1.82, 2.24) is 10.6 Å². The van der Waals surface area contributed by atoms with Crippen LogP contribution in [0, 0.1) is 0 Å². The van der Waals surface area contributed by atoms with E-state index in [1.165, 1.54) is 0 Å². The molecule has 3 rings (SSSR count). The van der Waals surface area contributed by atoms with Gasteiger partial charge >= 0.3 is 12.0 Å². The van der Waals surface area contributed by atoms with Crippen LogP contribution in [0.3, 0.4) is 0 Å². The highest BCUT2D eigenvalue weighted by atomic mass is 16.5. The Balaban J connectivity index is 1.67. The molecule has 2 aromatic carbocycles. The summed E-state index contributed by atoms with van der Waals surface area (Å²) >= 11 is 0. The van der Waals surface area contributed by atoms with E-state index in [0.29, 0.717) is 5.56 Å². The fourth-order valence-electron chi connectivity index (χ4n) is 3.55. The largest absolute Gasteiger partial charge is 0.464 e. The molecule has 1 aliphatic rings. The molecule has 0 fully saturated rings. The molecule has 3 amide bonds. The van der Waals surface area contributed by atoms with Crippen LogP contribution >= 0.6 is 0 Å². The van der Waals surface area contributed by atoms with Gasteiger partial charge in [0.25, 0.3) is 5.91 Å². The zero-order valence-electron chi connectivity index (χ0n) is 17.5. The van der Waals surface area contributed by atoms with Gasteiger partial charge in [-0.3, -0.25) is 4.79 Å². The van der Waals surface area contributed by atoms with Crippen molar-refractivity contribution in [3.05, 3.63) is 65.2 Å². The smallest absolute Gasteiger partial charge is 0.328 e. The number of amides is 3. The second kappa shape index (κ2) is 9.43. The van der Waals surface area contributed by atoms with E-state index in [2.05, 4.69) is 10.6 Å². The van der Waals surface area contributed by atoms with Crippen LogP contribution in [0.15, 0.2) is 48.5 Å². The fourth-order valence-corrected chi connectivity index (χ4v) is 3.55. The number of carbonyl (C=O) groups is 3. The topological polar surface area (TPSA) is 87.7 Å². The lowest BCUT2D eigenvalue weighted by Crippen LogP contribution is -2.44. The van der Waals surface area contributed by atoms with E-state index in [1.807, 2.05) is 60.4 Å². The molecule has 0 bridgehead atoms. The molecule has 0 radical (unpaired) electrons. The van der Waals surface area contributed by atoms with Crippen molar-refractivity contribution < 1.29 is 19.1 Å². The van der Waals surface area contributed by atoms with Crippen molar-refractivity contribution >= 4 is 23.6 Å². The second-order valence-corrected chi connectivity index (χ2v) is 7.36. The molecule has 30 heavy (non-hydrogen) atoms. The third kappa shape index (κ3) is 4.79. The molecular weight excluding hydrogens is 382 g/mol. The quantitative estimate of drug-likeness (QED) is 0.718. The van der Waals surface area contributed by atoms with Gasteiger partial charge in [-0.1, -0.05) is 30.3 Å². The molecule has 0 saturated heterocycles. The van der Waals surface area contributed by atoms with Crippen LogP contribution in [-0.4, -0.2) is 36.6 Å². The molecule has 2 N–H and O–H groups in total. The summed E-state index contributed by atoms with van der Waals surface area (Å²) in [6.07, 6.45) is 0.791. The number of hydrogen-bond acceptors (Lipinski definition) is 4. The zero-order valence-corrected chi connectivity index (χ0v) is 17.5. The van der Waals surface area contributed by atoms with Gasteiger partial charge in [0.1, 0.15) is 6.04 Å². The van der Waals surface area contributed by atoms with Gasteiger partial charge in [0.2, 0.25) is 0 Å². The summed E-state index contributed by atoms with van der Waals surface area (Å²) in [7, 11) is 0. The highest BCUT2D eigenvalue weighted by molar-refractivity contribution is 6.07. The molecule has 0 aliphatic carbocycles. The van der Waals surface area contributed by atoms with Crippen LogP contribution in [0.25, 0.3) is 0 Å². The summed E-state index contributed by atoms with van der Waals surface area (Å²) in [6, 6.07) is 14.0. The molecule has 1 heterocycles. The summed E-state index contributed by atoms with van der Waals surface area (Å²) in [4.78, 5) is 38.6. The number of anilines is 1. The number of fused-ring (bicyclic) bond motifs is 1. The summed E-state index contributed by atoms with van der Waals surface area (Å²) < 4.78 is 4.88. The number of urea groups is 1. The van der Waals surface area contributed by atoms with E-state index in [4.69, 9.17) is 4.74 Å². The van der Waals surface area contributed by atoms with Crippen molar-refractivity contribution in [2.75, 3.05) is 11.5 Å². The summed E-state index contributed by atoms with van der Waals surface area (Å²) in [5.41, 5.74) is 3.49. The number of carbonyl (C=O) groups excluding carboxylic acids is 3. The van der Waals surface area contributed by atoms with Gasteiger partial charge in [0.05, 0.1) is 6.61 Å². The molecule has 2 aromatic rings. The minimum absolute atomic E-state index is 0.0343. The normalized spacial score (nSPS) is 15.8. The molecule has 0 spiro atoms. The molecule has 7 nitrogen and oxygen atoms in total. The lowest BCUT2D eigenvalue weighted by molar-refractivity contribution is -0.144. The first-order valence-electron chi connectivity index (χ1n) is 10.1. The Morgan fingerprint density at radius 2 is 1.90 bits per heavy atom. The first kappa shape index (κ1) is 21.4. The monoisotopic (exact) mass is 409 g/mol. The average Bonchev–Trinajstić information content (AvgIpc) is 3.07. The molecule has 1 aliphatic heterocycles. The van der Waals surface area contributed by atoms with Crippen LogP contribution in [0.4, 0.5) is 10.5 Å². The highest BCUT2D eigenvalue weighted by Crippen LogP contribution is 2.34. The lowest BCUT2D eigenvalue weighted by Gasteiger charge is -2.23. The van der Waals surface area contributed by atoms with Crippen molar-refractivity contribution in [3.63, 3.8) is 0 Å². The number of nitrogens with zero attached hydrogens (tertiary/aromatic N) is 1. The second-order valence-electron chi connectivity index (χ2n) is 7.36. The highest BCUT2D eigenvalue weighted by Gasteiger charge is 2.31. The summed E-state index contributed by atoms with van der Waals surface area (Å²) in [6.45, 7) is 5.85. The van der Waals surface area contributed by atoms with Crippen molar-refractivity contribution in [2.24, 2.45) is 0 Å². The fraction of sp³-hybridized carbons (Fsp3) is 0.348. The number of esters is 1. The Bertz CT molecular complexity index is 929. The van der Waals surface area contributed by atoms with E-state index in [1.54, 1.807) is 13.8 Å². The first-order valence-corrected chi connectivity index (χ1v) is 10.1. The number of nitrogens with one attached hydrogen (secondary N) is 2. The standard InChI is InChI=1S/C23H27N3O4/c1-4-30-22(28)16(3)25-23(29)24-14-17-10-11-19-12-15(2)26(20(19)13-17)21(27)18-8-6-5-7-9-18/h5-11,13,15-16H,4,12,14H2,1-3H3,(H2,24,25,29)/t15-,16+/m1/s1. The van der Waals surface area contributed by atoms with Crippen LogP contribution in [0.2, 0.25) is 0 Å². The van der Waals surface area contributed by atoms with Crippen molar-refractivity contribution in [2.45, 2.75) is 45.8 Å². The zero-order chi connectivity index (χ0) is 21.7. The predicted molar refractivity (Wildman–Crippen MR) is 114 cm³/mol. The Morgan fingerprint density at radius 3 is 2.60 bits per heavy atom. The Hall–Kier alpha value is -3.35. The molecular formula is C23H27N3O4. The maximum absolute atomic E-state index is 13.0. The number of rotatable bonds is 6. The van der Waals surface area contributed by atoms with Crippen molar-refractivity contribution in [3.8, 4) is 0 Å². The van der Waals surface area contributed by atoms with Crippen LogP contribution in [0.5, 0.6) is 0 Å². The van der Waals surface area contributed by atoms with E-state index in [0.717, 1.165) is 23.2 Å². The summed E-state index contributed by atoms with van der Waals surface area (Å²) in [5.74, 6) is -0.512. The van der Waals surface area contributed by atoms with Gasteiger partial charge in [-0.05, 0) is 56.5 Å². The SMILES string of the molecule is CCOC(=O)[C@H](C)NC(=O)NCc1ccc2c(c1)N(C(=O)c1ccccc1)[C@H](C)C2. The first-order chi connectivity index (χ1) is 14.4. The number of ether oxygens (including phenoxy) is 1. The lowest BCUT2D eigenvalue weighted by atomic mass is 10.1. The molecule has 2 atom stereocenters. The molecule has 0 unspecified atom stereocenters.